The van der Waals surface area contributed by atoms with Crippen LogP contribution in [-0.4, -0.2) is 77.7 Å². The van der Waals surface area contributed by atoms with Gasteiger partial charge < -0.3 is 19.7 Å². The zero-order valence-corrected chi connectivity index (χ0v) is 16.9. The highest BCUT2D eigenvalue weighted by molar-refractivity contribution is 5.89. The quantitative estimate of drug-likeness (QED) is 0.705. The van der Waals surface area contributed by atoms with Crippen LogP contribution in [0, 0.1) is 17.6 Å². The normalized spacial score (nSPS) is 42.7. The van der Waals surface area contributed by atoms with Crippen molar-refractivity contribution in [3.63, 3.8) is 0 Å². The summed E-state index contributed by atoms with van der Waals surface area (Å²) in [4.78, 5) is 8.86. The van der Waals surface area contributed by atoms with E-state index in [-0.39, 0.29) is 16.4 Å². The first kappa shape index (κ1) is 20.1. The summed E-state index contributed by atoms with van der Waals surface area (Å²) in [6.45, 7) is 3.03. The van der Waals surface area contributed by atoms with Crippen LogP contribution in [-0.2, 0) is 15.9 Å². The van der Waals surface area contributed by atoms with Crippen LogP contribution in [0.15, 0.2) is 22.1 Å². The van der Waals surface area contributed by atoms with Gasteiger partial charge in [0.1, 0.15) is 24.7 Å². The van der Waals surface area contributed by atoms with Crippen LogP contribution in [0.5, 0.6) is 0 Å². The van der Waals surface area contributed by atoms with E-state index in [9.17, 15) is 19.0 Å². The van der Waals surface area contributed by atoms with Crippen LogP contribution in [0.3, 0.4) is 0 Å². The van der Waals surface area contributed by atoms with Gasteiger partial charge in [0.05, 0.1) is 32.2 Å². The summed E-state index contributed by atoms with van der Waals surface area (Å²) >= 11 is 0. The summed E-state index contributed by atoms with van der Waals surface area (Å²) in [6, 6.07) is 2.38. The molecule has 4 heterocycles. The number of hydrogen-bond acceptors (Lipinski definition) is 6. The molecule has 0 radical (unpaired) electrons. The van der Waals surface area contributed by atoms with Crippen molar-refractivity contribution in [3.05, 3.63) is 34.9 Å². The molecule has 1 aromatic carbocycles. The Kier molecular flexibility index (Phi) is 4.79. The second kappa shape index (κ2) is 7.13. The number of likely N-dealkylation sites (N-methyl/N-ethyl adjacent to an activating group) is 1. The standard InChI is InChI=1S/C21H26F2N3O4/c1-10-12-3-5-26(2,20(12)25-9-24-10)21-17(28)16(27)19(30-21)18-13-8-15(23)14(22)7-11(13)4-6-29-18/h7-10,12,16-19,21,27-28H,3-6H2,1-2H3/q+1/t10?,12?,16-,17+,18+,19-,21+,26?/m0/s1. The number of ether oxygens (including phenoxy) is 2. The number of halogens is 2. The average Bonchev–Trinajstić information content (AvgIpc) is 3.22. The summed E-state index contributed by atoms with van der Waals surface area (Å²) in [6.07, 6.45) is -2.00. The first-order valence-electron chi connectivity index (χ1n) is 10.4. The highest BCUT2D eigenvalue weighted by atomic mass is 19.2. The molecule has 0 aromatic heterocycles. The second-order valence-electron chi connectivity index (χ2n) is 8.86. The fourth-order valence-electron chi connectivity index (χ4n) is 5.42. The van der Waals surface area contributed by atoms with Crippen LogP contribution in [0.4, 0.5) is 8.78 Å². The molecule has 4 aliphatic rings. The minimum absolute atomic E-state index is 0.100. The van der Waals surface area contributed by atoms with Gasteiger partial charge in [-0.25, -0.2) is 8.78 Å². The SMILES string of the molecule is CC1N=CN=C2C1CC[N+]2(C)[C@@H]1O[C@H]([C@@H]2OCCc3cc(F)c(F)cc32)[C@@H](O)[C@H]1O. The second-order valence-corrected chi connectivity index (χ2v) is 8.86. The number of nitrogens with zero attached hydrogens (tertiary/aromatic N) is 3. The zero-order chi connectivity index (χ0) is 21.2. The molecule has 9 heteroatoms. The smallest absolute Gasteiger partial charge is 0.228 e. The Morgan fingerprint density at radius 3 is 2.73 bits per heavy atom. The van der Waals surface area contributed by atoms with Crippen LogP contribution in [0.25, 0.3) is 0 Å². The number of aliphatic imine (C=N–C) groups is 2. The van der Waals surface area contributed by atoms with Gasteiger partial charge in [0.2, 0.25) is 12.1 Å². The third-order valence-corrected chi connectivity index (χ3v) is 7.13. The Balaban J connectivity index is 1.46. The van der Waals surface area contributed by atoms with E-state index in [0.717, 1.165) is 18.3 Å². The summed E-state index contributed by atoms with van der Waals surface area (Å²) in [5.41, 5.74) is 1.08. The van der Waals surface area contributed by atoms with Crippen molar-refractivity contribution in [2.24, 2.45) is 15.9 Å². The minimum Gasteiger partial charge on any atom is -0.387 e. The topological polar surface area (TPSA) is 83.6 Å². The zero-order valence-electron chi connectivity index (χ0n) is 16.9. The highest BCUT2D eigenvalue weighted by Crippen LogP contribution is 2.43. The van der Waals surface area contributed by atoms with Crippen molar-refractivity contribution in [1.29, 1.82) is 0 Å². The minimum atomic E-state index is -1.23. The van der Waals surface area contributed by atoms with Crippen LogP contribution < -0.4 is 0 Å². The van der Waals surface area contributed by atoms with Gasteiger partial charge in [-0.15, -0.1) is 0 Å². The Morgan fingerprint density at radius 2 is 1.93 bits per heavy atom. The molecule has 0 spiro atoms. The molecule has 0 bridgehead atoms. The molecule has 5 rings (SSSR count). The Bertz CT molecular complexity index is 926. The van der Waals surface area contributed by atoms with E-state index in [4.69, 9.17) is 9.47 Å². The first-order chi connectivity index (χ1) is 14.3. The van der Waals surface area contributed by atoms with Gasteiger partial charge >= 0.3 is 0 Å². The average molecular weight is 422 g/mol. The maximum atomic E-state index is 13.9. The molecule has 0 saturated carbocycles. The van der Waals surface area contributed by atoms with Gasteiger partial charge in [-0.3, -0.25) is 9.48 Å². The maximum Gasteiger partial charge on any atom is 0.228 e. The summed E-state index contributed by atoms with van der Waals surface area (Å²) in [7, 11) is 1.94. The van der Waals surface area contributed by atoms with Gasteiger partial charge in [0.15, 0.2) is 17.7 Å². The van der Waals surface area contributed by atoms with Gasteiger partial charge in [-0.2, -0.15) is 4.99 Å². The van der Waals surface area contributed by atoms with Gasteiger partial charge in [-0.1, -0.05) is 0 Å². The van der Waals surface area contributed by atoms with Crippen LogP contribution in [0.1, 0.15) is 30.6 Å². The van der Waals surface area contributed by atoms with Gasteiger partial charge in [0, 0.05) is 6.42 Å². The lowest BCUT2D eigenvalue weighted by atomic mass is 9.91. The number of fused-ring (bicyclic) bond motifs is 2. The molecule has 0 aliphatic carbocycles. The molecule has 162 valence electrons. The molecule has 3 unspecified atom stereocenters. The van der Waals surface area contributed by atoms with Crippen molar-refractivity contribution in [1.82, 2.24) is 0 Å². The number of quaternary nitrogens is 1. The Hall–Kier alpha value is -1.78. The van der Waals surface area contributed by atoms with Crippen molar-refractivity contribution in [3.8, 4) is 0 Å². The molecule has 2 N–H and O–H groups in total. The molecule has 2 fully saturated rings. The Labute approximate surface area is 173 Å². The van der Waals surface area contributed by atoms with E-state index in [2.05, 4.69) is 9.98 Å². The lowest BCUT2D eigenvalue weighted by molar-refractivity contribution is -0.870. The molecule has 0 amide bonds. The highest BCUT2D eigenvalue weighted by Gasteiger charge is 2.60. The van der Waals surface area contributed by atoms with E-state index >= 15 is 0 Å². The maximum absolute atomic E-state index is 13.9. The van der Waals surface area contributed by atoms with Crippen LogP contribution >= 0.6 is 0 Å². The van der Waals surface area contributed by atoms with Gasteiger partial charge in [-0.05, 0) is 36.6 Å². The first-order valence-corrected chi connectivity index (χ1v) is 10.4. The third kappa shape index (κ3) is 2.87. The lowest BCUT2D eigenvalue weighted by Crippen LogP contribution is -2.59. The van der Waals surface area contributed by atoms with E-state index in [0.29, 0.717) is 30.7 Å². The summed E-state index contributed by atoms with van der Waals surface area (Å²) in [5, 5.41) is 21.8. The molecular weight excluding hydrogens is 396 g/mol. The largest absolute Gasteiger partial charge is 0.387 e. The number of hydrogen-bond donors (Lipinski definition) is 2. The van der Waals surface area contributed by atoms with E-state index in [1.54, 1.807) is 6.34 Å². The van der Waals surface area contributed by atoms with E-state index in [1.807, 2.05) is 14.0 Å². The summed E-state index contributed by atoms with van der Waals surface area (Å²) < 4.78 is 39.9. The fraction of sp³-hybridized carbons (Fsp3) is 0.619. The predicted molar refractivity (Wildman–Crippen MR) is 104 cm³/mol. The molecule has 30 heavy (non-hydrogen) atoms. The summed E-state index contributed by atoms with van der Waals surface area (Å²) in [5.74, 6) is -0.837. The van der Waals surface area contributed by atoms with Crippen molar-refractivity contribution < 1.29 is 33.0 Å². The van der Waals surface area contributed by atoms with Crippen molar-refractivity contribution >= 4 is 12.2 Å². The van der Waals surface area contributed by atoms with Crippen molar-refractivity contribution in [2.45, 2.75) is 56.5 Å². The molecular formula is C21H26F2N3O4+. The van der Waals surface area contributed by atoms with E-state index in [1.165, 1.54) is 6.07 Å². The number of rotatable bonds is 2. The molecule has 7 nitrogen and oxygen atoms in total. The van der Waals surface area contributed by atoms with Gasteiger partial charge in [0.25, 0.3) is 0 Å². The van der Waals surface area contributed by atoms with Crippen molar-refractivity contribution in [2.75, 3.05) is 20.2 Å². The molecule has 4 aliphatic heterocycles. The third-order valence-electron chi connectivity index (χ3n) is 7.13. The number of benzene rings is 1. The number of amidine groups is 1. The number of aliphatic hydroxyl groups is 2. The molecule has 1 aromatic rings. The number of aliphatic hydroxyl groups excluding tert-OH is 2. The lowest BCUT2D eigenvalue weighted by Gasteiger charge is -2.37. The number of likely N-dealkylation sites (tertiary alicyclic amines) is 1. The molecule has 8 atom stereocenters. The fourth-order valence-corrected chi connectivity index (χ4v) is 5.42. The predicted octanol–water partition coefficient (Wildman–Crippen LogP) is 1.32. The van der Waals surface area contributed by atoms with E-state index < -0.39 is 42.3 Å². The van der Waals surface area contributed by atoms with Crippen LogP contribution in [0.2, 0.25) is 0 Å². The Morgan fingerprint density at radius 1 is 1.17 bits per heavy atom. The molecule has 2 saturated heterocycles. The monoisotopic (exact) mass is 422 g/mol.